The van der Waals surface area contributed by atoms with Gasteiger partial charge in [0.2, 0.25) is 0 Å². The predicted molar refractivity (Wildman–Crippen MR) is 335 cm³/mol. The molecule has 17 rings (SSSR count). The molecule has 7 aromatic heterocycles. The van der Waals surface area contributed by atoms with Crippen molar-refractivity contribution in [2.75, 3.05) is 0 Å². The van der Waals surface area contributed by atoms with Crippen LogP contribution in [0.25, 0.3) is 142 Å². The van der Waals surface area contributed by atoms with E-state index >= 15 is 0 Å². The molecule has 82 heavy (non-hydrogen) atoms. The Hall–Kier alpha value is -10.5. The van der Waals surface area contributed by atoms with Gasteiger partial charge < -0.3 is 9.15 Å². The molecule has 7 nitrogen and oxygen atoms in total. The Kier molecular flexibility index (Phi) is 10.5. The van der Waals surface area contributed by atoms with Crippen LogP contribution in [0.4, 0.5) is 0 Å². The van der Waals surface area contributed by atoms with Crippen LogP contribution in [0.3, 0.4) is 0 Å². The van der Waals surface area contributed by atoms with Crippen LogP contribution < -0.4 is 4.74 Å². The molecule has 8 aromatic carbocycles. The SMILES string of the molecule is C1=CC2Oc3ccc(-c4cc(-c5ccccc5-c5ccccn5)cc5c4sc4c(-c6cccc7c6oc6ccccc67)cccc45)cc3C2C=C1c1cccc(-n2c3ncccc3c3cc(-c4ccccc4-c4ccccn4)cnc32)c1. The zero-order valence-electron chi connectivity index (χ0n) is 43.9. The van der Waals surface area contributed by atoms with Crippen molar-refractivity contribution in [3.8, 4) is 78.5 Å². The fraction of sp³-hybridized carbons (Fsp3) is 0.0270. The minimum Gasteiger partial charge on any atom is -0.485 e. The molecular weight excluding hydrogens is 1020 g/mol. The largest absolute Gasteiger partial charge is 0.485 e. The van der Waals surface area contributed by atoms with Gasteiger partial charge in [0.05, 0.1) is 11.4 Å². The number of para-hydroxylation sites is 2. The molecule has 0 saturated heterocycles. The summed E-state index contributed by atoms with van der Waals surface area (Å²) in [4.78, 5) is 19.7. The molecule has 0 amide bonds. The third kappa shape index (κ3) is 7.35. The number of furan rings is 1. The quantitative estimate of drug-likeness (QED) is 0.151. The van der Waals surface area contributed by atoms with E-state index in [1.165, 1.54) is 31.3 Å². The maximum absolute atomic E-state index is 6.79. The number of allylic oxidation sites excluding steroid dienone is 2. The first-order valence-corrected chi connectivity index (χ1v) is 28.5. The topological polar surface area (TPSA) is 78.9 Å². The zero-order valence-corrected chi connectivity index (χ0v) is 44.8. The summed E-state index contributed by atoms with van der Waals surface area (Å²) in [6.45, 7) is 0. The van der Waals surface area contributed by atoms with Gasteiger partial charge in [0.15, 0.2) is 0 Å². The minimum absolute atomic E-state index is 0.00979. The maximum Gasteiger partial charge on any atom is 0.146 e. The van der Waals surface area contributed by atoms with Gasteiger partial charge in [0.1, 0.15) is 34.3 Å². The summed E-state index contributed by atoms with van der Waals surface area (Å²) >= 11 is 1.86. The van der Waals surface area contributed by atoms with Crippen molar-refractivity contribution in [2.24, 2.45) is 0 Å². The van der Waals surface area contributed by atoms with E-state index in [2.05, 4.69) is 216 Å². The molecule has 8 heteroatoms. The van der Waals surface area contributed by atoms with Gasteiger partial charge in [0.25, 0.3) is 0 Å². The van der Waals surface area contributed by atoms with Gasteiger partial charge in [-0.2, -0.15) is 0 Å². The molecule has 1 aliphatic heterocycles. The number of rotatable bonds is 8. The standard InChI is InChI=1S/C74H45N5O2S/c1-3-19-52(65-27-7-9-34-75-65)50(17-1)47-40-60(72-63(41-47)58-25-13-24-57(71(58)82-72)56-23-12-22-55-54-21-5-6-29-67(54)81-70(55)56)46-31-33-69-62(39-46)61-38-45(30-32-68(61)80-69)44-15-11-16-49(37-44)79-73-59(26-14-36-77-73)64-42-48(43-78-74(64)79)51-18-2-4-20-53(51)66-28-8-10-35-76-66/h1-43,61,68H. The van der Waals surface area contributed by atoms with E-state index < -0.39 is 0 Å². The molecule has 0 spiro atoms. The highest BCUT2D eigenvalue weighted by molar-refractivity contribution is 7.27. The van der Waals surface area contributed by atoms with Gasteiger partial charge in [-0.25, -0.2) is 9.97 Å². The van der Waals surface area contributed by atoms with E-state index in [9.17, 15) is 0 Å². The summed E-state index contributed by atoms with van der Waals surface area (Å²) in [6.07, 6.45) is 14.3. The third-order valence-corrected chi connectivity index (χ3v) is 17.9. The number of fused-ring (bicyclic) bond motifs is 12. The predicted octanol–water partition coefficient (Wildman–Crippen LogP) is 19.1. The Morgan fingerprint density at radius 1 is 0.415 bits per heavy atom. The highest BCUT2D eigenvalue weighted by Gasteiger charge is 2.34. The second-order valence-electron chi connectivity index (χ2n) is 21.2. The van der Waals surface area contributed by atoms with E-state index in [1.54, 1.807) is 0 Å². The van der Waals surface area contributed by atoms with Crippen LogP contribution in [0.5, 0.6) is 5.75 Å². The van der Waals surface area contributed by atoms with Crippen LogP contribution in [-0.2, 0) is 0 Å². The Labute approximate surface area is 475 Å². The fourth-order valence-corrected chi connectivity index (χ4v) is 14.1. The number of hydrogen-bond acceptors (Lipinski definition) is 7. The van der Waals surface area contributed by atoms with Gasteiger partial charge in [-0.15, -0.1) is 11.3 Å². The first-order valence-electron chi connectivity index (χ1n) is 27.6. The normalized spacial score (nSPS) is 14.7. The van der Waals surface area contributed by atoms with E-state index in [4.69, 9.17) is 24.1 Å². The lowest BCUT2D eigenvalue weighted by Crippen LogP contribution is -2.17. The average molecular weight is 1070 g/mol. The van der Waals surface area contributed by atoms with Crippen molar-refractivity contribution >= 4 is 81.1 Å². The van der Waals surface area contributed by atoms with Crippen LogP contribution in [0.15, 0.2) is 266 Å². The molecule has 2 atom stereocenters. The van der Waals surface area contributed by atoms with E-state index in [0.29, 0.717) is 0 Å². The monoisotopic (exact) mass is 1070 g/mol. The molecule has 2 aliphatic rings. The van der Waals surface area contributed by atoms with Crippen molar-refractivity contribution in [1.29, 1.82) is 0 Å². The maximum atomic E-state index is 6.79. The number of ether oxygens (including phenoxy) is 1. The van der Waals surface area contributed by atoms with Crippen LogP contribution >= 0.6 is 11.3 Å². The van der Waals surface area contributed by atoms with E-state index in [0.717, 1.165) is 128 Å². The van der Waals surface area contributed by atoms with Crippen LogP contribution in [0, 0.1) is 0 Å². The van der Waals surface area contributed by atoms with E-state index in [-0.39, 0.29) is 12.0 Å². The highest BCUT2D eigenvalue weighted by atomic mass is 32.1. The molecular formula is C74H45N5O2S. The van der Waals surface area contributed by atoms with Gasteiger partial charge in [-0.05, 0) is 124 Å². The number of benzene rings is 8. The lowest BCUT2D eigenvalue weighted by molar-refractivity contribution is 0.269. The van der Waals surface area contributed by atoms with Gasteiger partial charge in [-0.1, -0.05) is 146 Å². The molecule has 15 aromatic rings. The lowest BCUT2D eigenvalue weighted by Gasteiger charge is -2.19. The van der Waals surface area contributed by atoms with Crippen LogP contribution in [0.2, 0.25) is 0 Å². The smallest absolute Gasteiger partial charge is 0.146 e. The summed E-state index contributed by atoms with van der Waals surface area (Å²) in [5, 5.41) is 6.73. The molecule has 0 saturated carbocycles. The first kappa shape index (κ1) is 46.4. The number of aromatic nitrogens is 5. The third-order valence-electron chi connectivity index (χ3n) is 16.6. The molecule has 1 aliphatic carbocycles. The van der Waals surface area contributed by atoms with Crippen molar-refractivity contribution < 1.29 is 9.15 Å². The van der Waals surface area contributed by atoms with Gasteiger partial charge in [-0.3, -0.25) is 14.5 Å². The summed E-state index contributed by atoms with van der Waals surface area (Å²) in [5.41, 5.74) is 20.8. The van der Waals surface area contributed by atoms with E-state index in [1.807, 2.05) is 66.5 Å². The van der Waals surface area contributed by atoms with Gasteiger partial charge in [0, 0.05) is 117 Å². The highest BCUT2D eigenvalue weighted by Crippen LogP contribution is 2.51. The summed E-state index contributed by atoms with van der Waals surface area (Å²) in [7, 11) is 0. The van der Waals surface area contributed by atoms with Crippen molar-refractivity contribution in [2.45, 2.75) is 12.0 Å². The van der Waals surface area contributed by atoms with Crippen LogP contribution in [0.1, 0.15) is 17.0 Å². The average Bonchev–Trinajstić information content (AvgIpc) is 4.33. The second kappa shape index (κ2) is 18.5. The first-order chi connectivity index (χ1) is 40.6. The lowest BCUT2D eigenvalue weighted by atomic mass is 9.85. The molecule has 0 N–H and O–H groups in total. The Morgan fingerprint density at radius 2 is 1.07 bits per heavy atom. The fourth-order valence-electron chi connectivity index (χ4n) is 12.8. The number of hydrogen-bond donors (Lipinski definition) is 0. The summed E-state index contributed by atoms with van der Waals surface area (Å²) in [5.74, 6) is 0.897. The summed E-state index contributed by atoms with van der Waals surface area (Å²) < 4.78 is 18.1. The Morgan fingerprint density at radius 3 is 1.89 bits per heavy atom. The Balaban J connectivity index is 0.783. The molecule has 0 fully saturated rings. The number of nitrogens with zero attached hydrogens (tertiary/aromatic N) is 5. The molecule has 0 bridgehead atoms. The number of pyridine rings is 4. The van der Waals surface area contributed by atoms with Crippen molar-refractivity contribution in [1.82, 2.24) is 24.5 Å². The summed E-state index contributed by atoms with van der Waals surface area (Å²) in [6, 6.07) is 77.5. The molecule has 8 heterocycles. The minimum atomic E-state index is -0.135. The van der Waals surface area contributed by atoms with Crippen LogP contribution in [-0.4, -0.2) is 30.6 Å². The second-order valence-corrected chi connectivity index (χ2v) is 22.2. The molecule has 0 radical (unpaired) electrons. The molecule has 2 unspecified atom stereocenters. The van der Waals surface area contributed by atoms with Crippen molar-refractivity contribution in [3.05, 3.63) is 273 Å². The zero-order chi connectivity index (χ0) is 53.8. The van der Waals surface area contributed by atoms with Crippen molar-refractivity contribution in [3.63, 3.8) is 0 Å². The Bertz CT molecular complexity index is 5170. The van der Waals surface area contributed by atoms with Gasteiger partial charge >= 0.3 is 0 Å². The molecule has 384 valence electrons. The number of thiophene rings is 1.